The fraction of sp³-hybridized carbons (Fsp3) is 0.333. The number of rotatable bonds is 10. The Morgan fingerprint density at radius 1 is 0.516 bits per heavy atom. The molecule has 0 fully saturated rings. The maximum absolute atomic E-state index is 12.3. The van der Waals surface area contributed by atoms with Crippen LogP contribution >= 0.6 is 0 Å². The summed E-state index contributed by atoms with van der Waals surface area (Å²) in [7, 11) is 0. The number of benzene rings is 4. The Bertz CT molecular complexity index is 2410. The summed E-state index contributed by atoms with van der Waals surface area (Å²) >= 11 is 0. The van der Waals surface area contributed by atoms with Gasteiger partial charge >= 0.3 is 0 Å². The second kappa shape index (κ2) is 18.8. The van der Waals surface area contributed by atoms with E-state index >= 15 is 0 Å². The van der Waals surface area contributed by atoms with Crippen molar-refractivity contribution in [2.75, 3.05) is 13.2 Å². The lowest BCUT2D eigenvalue weighted by Crippen LogP contribution is -2.16. The first-order valence-corrected chi connectivity index (χ1v) is 21.9. The Morgan fingerprint density at radius 3 is 1.16 bits per heavy atom. The molecular weight excluding hydrogens is 769 g/mol. The highest BCUT2D eigenvalue weighted by Gasteiger charge is 2.27. The summed E-state index contributed by atoms with van der Waals surface area (Å²) in [5.41, 5.74) is 11.5. The number of hydrogen-bond acceptors (Lipinski definition) is 8. The number of aromatic nitrogens is 2. The van der Waals surface area contributed by atoms with Gasteiger partial charge in [0, 0.05) is 60.3 Å². The molecule has 8 nitrogen and oxygen atoms in total. The molecule has 0 saturated carbocycles. The highest BCUT2D eigenvalue weighted by Crippen LogP contribution is 2.43. The zero-order valence-corrected chi connectivity index (χ0v) is 37.5. The molecule has 0 amide bonds. The largest absolute Gasteiger partial charge is 0.507 e. The SMILES string of the molecule is CCCOc1c2cc(C(C)(C)C)cc1Cc1cc(C(C)(C)C)cc(c1OCCC)Cc1cc(N=Cc3ccccn3)cc(c1O)Cc1cc(N=Cc3ccccn3)cc(c1O)C2. The normalized spacial score (nSPS) is 13.2. The first kappa shape index (κ1) is 43.8. The van der Waals surface area contributed by atoms with E-state index < -0.39 is 0 Å². The van der Waals surface area contributed by atoms with E-state index in [1.807, 2.05) is 60.7 Å². The van der Waals surface area contributed by atoms with Gasteiger partial charge in [-0.15, -0.1) is 0 Å². The molecule has 1 aliphatic carbocycles. The van der Waals surface area contributed by atoms with Crippen LogP contribution in [0.15, 0.2) is 107 Å². The lowest BCUT2D eigenvalue weighted by Gasteiger charge is -2.27. The maximum Gasteiger partial charge on any atom is 0.126 e. The van der Waals surface area contributed by atoms with Crippen LogP contribution in [0, 0.1) is 0 Å². The minimum absolute atomic E-state index is 0.150. The van der Waals surface area contributed by atoms with Crippen molar-refractivity contribution in [2.45, 2.75) is 105 Å². The molecule has 2 N–H and O–H groups in total. The van der Waals surface area contributed by atoms with E-state index in [2.05, 4.69) is 89.6 Å². The van der Waals surface area contributed by atoms with E-state index in [0.717, 1.165) is 58.0 Å². The molecule has 0 unspecified atom stereocenters. The predicted octanol–water partition coefficient (Wildman–Crippen LogP) is 12.2. The molecule has 6 aromatic rings. The summed E-state index contributed by atoms with van der Waals surface area (Å²) < 4.78 is 13.5. The first-order valence-electron chi connectivity index (χ1n) is 21.9. The minimum atomic E-state index is -0.174. The molecule has 62 heavy (non-hydrogen) atoms. The predicted molar refractivity (Wildman–Crippen MR) is 252 cm³/mol. The number of aromatic hydroxyl groups is 2. The second-order valence-corrected chi connectivity index (χ2v) is 18.4. The smallest absolute Gasteiger partial charge is 0.126 e. The van der Waals surface area contributed by atoms with E-state index in [0.29, 0.717) is 66.1 Å². The zero-order valence-electron chi connectivity index (χ0n) is 37.5. The van der Waals surface area contributed by atoms with Crippen LogP contribution in [0.3, 0.4) is 0 Å². The van der Waals surface area contributed by atoms with Crippen LogP contribution in [0.5, 0.6) is 23.0 Å². The van der Waals surface area contributed by atoms with Crippen LogP contribution in [0.25, 0.3) is 0 Å². The van der Waals surface area contributed by atoms with Gasteiger partial charge in [-0.1, -0.05) is 91.8 Å². The minimum Gasteiger partial charge on any atom is -0.507 e. The van der Waals surface area contributed by atoms with E-state index in [4.69, 9.17) is 19.5 Å². The van der Waals surface area contributed by atoms with Crippen molar-refractivity contribution in [3.05, 3.63) is 164 Å². The Balaban J connectivity index is 1.53. The average molecular weight is 829 g/mol. The highest BCUT2D eigenvalue weighted by atomic mass is 16.5. The summed E-state index contributed by atoms with van der Waals surface area (Å²) in [6.45, 7) is 18.8. The fourth-order valence-corrected chi connectivity index (χ4v) is 7.86. The van der Waals surface area contributed by atoms with Crippen molar-refractivity contribution in [1.82, 2.24) is 9.97 Å². The molecule has 0 saturated heterocycles. The van der Waals surface area contributed by atoms with Crippen molar-refractivity contribution in [1.29, 1.82) is 0 Å². The van der Waals surface area contributed by atoms with E-state index in [1.54, 1.807) is 24.8 Å². The molecule has 7 rings (SSSR count). The molecule has 0 aliphatic heterocycles. The Kier molecular flexibility index (Phi) is 13.3. The Morgan fingerprint density at radius 2 is 0.855 bits per heavy atom. The van der Waals surface area contributed by atoms with E-state index in [1.165, 1.54) is 11.1 Å². The monoisotopic (exact) mass is 828 g/mol. The number of pyridine rings is 2. The maximum atomic E-state index is 12.3. The third kappa shape index (κ3) is 10.4. The van der Waals surface area contributed by atoms with Crippen LogP contribution in [-0.2, 0) is 36.5 Å². The second-order valence-electron chi connectivity index (χ2n) is 18.4. The van der Waals surface area contributed by atoms with Crippen molar-refractivity contribution in [3.8, 4) is 23.0 Å². The highest BCUT2D eigenvalue weighted by molar-refractivity contribution is 5.81. The van der Waals surface area contributed by atoms with Gasteiger partial charge in [0.25, 0.3) is 0 Å². The molecule has 4 aromatic carbocycles. The summed E-state index contributed by atoms with van der Waals surface area (Å²) in [6, 6.07) is 28.2. The van der Waals surface area contributed by atoms with Crippen LogP contribution in [0.4, 0.5) is 11.4 Å². The van der Waals surface area contributed by atoms with Gasteiger partial charge in [0.1, 0.15) is 23.0 Å². The average Bonchev–Trinajstić information content (AvgIpc) is 3.24. The first-order chi connectivity index (χ1) is 29.7. The van der Waals surface area contributed by atoms with E-state index in [-0.39, 0.29) is 28.7 Å². The van der Waals surface area contributed by atoms with Crippen molar-refractivity contribution in [2.24, 2.45) is 9.98 Å². The lowest BCUT2D eigenvalue weighted by molar-refractivity contribution is 0.307. The Hall–Kier alpha value is -6.28. The van der Waals surface area contributed by atoms with Crippen LogP contribution < -0.4 is 9.47 Å². The molecular formula is C54H60N4O4. The van der Waals surface area contributed by atoms with Gasteiger partial charge in [0.2, 0.25) is 0 Å². The van der Waals surface area contributed by atoms with Gasteiger partial charge in [-0.3, -0.25) is 20.0 Å². The molecule has 8 heteroatoms. The third-order valence-corrected chi connectivity index (χ3v) is 11.2. The molecule has 320 valence electrons. The molecule has 0 spiro atoms. The fourth-order valence-electron chi connectivity index (χ4n) is 7.86. The van der Waals surface area contributed by atoms with Gasteiger partial charge in [-0.05, 0) is 106 Å². The van der Waals surface area contributed by atoms with E-state index in [9.17, 15) is 10.2 Å². The lowest BCUT2D eigenvalue weighted by atomic mass is 9.81. The zero-order chi connectivity index (χ0) is 44.0. The number of phenolic OH excluding ortho intramolecular Hbond substituents is 2. The number of phenols is 2. The van der Waals surface area contributed by atoms with Gasteiger partial charge < -0.3 is 19.7 Å². The quantitative estimate of drug-likeness (QED) is 0.133. The van der Waals surface area contributed by atoms with Crippen molar-refractivity contribution in [3.63, 3.8) is 0 Å². The number of aliphatic imine (C=N–C) groups is 2. The molecule has 0 atom stereocenters. The summed E-state index contributed by atoms with van der Waals surface area (Å²) in [5, 5.41) is 24.7. The third-order valence-electron chi connectivity index (χ3n) is 11.2. The van der Waals surface area contributed by atoms with Crippen LogP contribution in [0.2, 0.25) is 0 Å². The van der Waals surface area contributed by atoms with Gasteiger partial charge in [-0.2, -0.15) is 0 Å². The number of fused-ring (bicyclic) bond motifs is 8. The number of nitrogens with zero attached hydrogens (tertiary/aromatic N) is 4. The van der Waals surface area contributed by atoms with Crippen LogP contribution in [-0.4, -0.2) is 45.8 Å². The van der Waals surface area contributed by atoms with Crippen LogP contribution in [0.1, 0.15) is 135 Å². The van der Waals surface area contributed by atoms with Gasteiger partial charge in [0.15, 0.2) is 0 Å². The molecule has 2 aromatic heterocycles. The van der Waals surface area contributed by atoms with Crippen molar-refractivity contribution < 1.29 is 19.7 Å². The summed E-state index contributed by atoms with van der Waals surface area (Å²) in [6.07, 6.45) is 10.2. The number of ether oxygens (including phenoxy) is 2. The summed E-state index contributed by atoms with van der Waals surface area (Å²) in [5.74, 6) is 1.96. The van der Waals surface area contributed by atoms with Crippen molar-refractivity contribution >= 4 is 23.8 Å². The molecule has 0 radical (unpaired) electrons. The Labute approximate surface area is 367 Å². The number of hydrogen-bond donors (Lipinski definition) is 2. The van der Waals surface area contributed by atoms with Gasteiger partial charge in [0.05, 0.1) is 48.4 Å². The standard InChI is InChI=1S/C54H60N4O4/c1-9-19-61-51-39-22-37-31-47(57-33-45-15-11-13-17-55-45)29-35(49(37)59)21-36-30-48(58-34-46-16-12-14-18-56-46)32-38(50(36)60)23-40-26-44(54(6,7)8)28-42(52(40)62-20-10-2)24-41(51)27-43(25-39)53(3,4)5/h11-18,25-34,59-60H,9-10,19-24H2,1-8H3. The molecule has 8 bridgehead atoms. The topological polar surface area (TPSA) is 109 Å². The van der Waals surface area contributed by atoms with Gasteiger partial charge in [-0.25, -0.2) is 0 Å². The summed E-state index contributed by atoms with van der Waals surface area (Å²) in [4.78, 5) is 18.7. The molecule has 1 aliphatic rings. The molecule has 2 heterocycles.